The smallest absolute Gasteiger partial charge is 0.317 e. The van der Waals surface area contributed by atoms with E-state index in [1.54, 1.807) is 13.8 Å². The number of rotatable bonds is 16. The molecule has 0 fully saturated rings. The lowest BCUT2D eigenvalue weighted by Gasteiger charge is -2.18. The van der Waals surface area contributed by atoms with Gasteiger partial charge in [0.25, 0.3) is 0 Å². The molecule has 0 aromatic heterocycles. The standard InChI is InChI=1S/C18H30N4O8S/c1-3-13(23)19-7-8-20-17(28)11(5-6-16(26)27)22-15(25)10-21-14(24)9-12(18(29)30)31-4-2/h11-12H,3-10H2,1-2H3,(H,19,23)(H,20,28)(H,21,24)(H,22,25)(H,26,27)(H,29,30). The summed E-state index contributed by atoms with van der Waals surface area (Å²) in [5.74, 6) is -3.96. The summed E-state index contributed by atoms with van der Waals surface area (Å²) in [6.07, 6.45) is -0.558. The third-order valence-corrected chi connectivity index (χ3v) is 4.93. The fraction of sp³-hybridized carbons (Fsp3) is 0.667. The molecule has 31 heavy (non-hydrogen) atoms. The molecule has 0 heterocycles. The van der Waals surface area contributed by atoms with E-state index in [2.05, 4.69) is 21.3 Å². The molecule has 12 nitrogen and oxygen atoms in total. The van der Waals surface area contributed by atoms with Gasteiger partial charge in [-0.2, -0.15) is 0 Å². The molecule has 0 spiro atoms. The minimum Gasteiger partial charge on any atom is -0.481 e. The molecule has 0 rings (SSSR count). The summed E-state index contributed by atoms with van der Waals surface area (Å²) < 4.78 is 0. The van der Waals surface area contributed by atoms with E-state index in [0.29, 0.717) is 12.2 Å². The second-order valence-corrected chi connectivity index (χ2v) is 7.79. The van der Waals surface area contributed by atoms with E-state index < -0.39 is 47.5 Å². The van der Waals surface area contributed by atoms with Gasteiger partial charge in [-0.3, -0.25) is 28.8 Å². The minimum atomic E-state index is -1.15. The van der Waals surface area contributed by atoms with Gasteiger partial charge in [0.1, 0.15) is 11.3 Å². The second-order valence-electron chi connectivity index (χ2n) is 6.31. The second kappa shape index (κ2) is 15.9. The van der Waals surface area contributed by atoms with Crippen LogP contribution in [0.1, 0.15) is 39.5 Å². The summed E-state index contributed by atoms with van der Waals surface area (Å²) >= 11 is 1.09. The Morgan fingerprint density at radius 3 is 2.06 bits per heavy atom. The van der Waals surface area contributed by atoms with Crippen LogP contribution in [-0.2, 0) is 28.8 Å². The Morgan fingerprint density at radius 2 is 1.52 bits per heavy atom. The zero-order valence-electron chi connectivity index (χ0n) is 17.6. The maximum absolute atomic E-state index is 12.2. The summed E-state index contributed by atoms with van der Waals surface area (Å²) in [5.41, 5.74) is 0. The molecule has 2 unspecified atom stereocenters. The van der Waals surface area contributed by atoms with Crippen LogP contribution in [0.4, 0.5) is 0 Å². The predicted octanol–water partition coefficient (Wildman–Crippen LogP) is -1.31. The lowest BCUT2D eigenvalue weighted by molar-refractivity contribution is -0.139. The number of carbonyl (C=O) groups excluding carboxylic acids is 4. The molecular weight excluding hydrogens is 432 g/mol. The van der Waals surface area contributed by atoms with Crippen molar-refractivity contribution in [3.63, 3.8) is 0 Å². The lowest BCUT2D eigenvalue weighted by Crippen LogP contribution is -2.50. The molecule has 0 aliphatic rings. The van der Waals surface area contributed by atoms with Crippen molar-refractivity contribution in [3.8, 4) is 0 Å². The van der Waals surface area contributed by atoms with Gasteiger partial charge in [0.05, 0.1) is 6.54 Å². The van der Waals surface area contributed by atoms with Gasteiger partial charge in [-0.05, 0) is 12.2 Å². The summed E-state index contributed by atoms with van der Waals surface area (Å²) in [6.45, 7) is 3.20. The van der Waals surface area contributed by atoms with Crippen molar-refractivity contribution < 1.29 is 39.0 Å². The van der Waals surface area contributed by atoms with E-state index in [4.69, 9.17) is 10.2 Å². The number of aliphatic carboxylic acids is 2. The Balaban J connectivity index is 4.63. The van der Waals surface area contributed by atoms with E-state index >= 15 is 0 Å². The van der Waals surface area contributed by atoms with Crippen molar-refractivity contribution in [3.05, 3.63) is 0 Å². The van der Waals surface area contributed by atoms with Crippen molar-refractivity contribution in [2.45, 2.75) is 50.8 Å². The Labute approximate surface area is 184 Å². The zero-order chi connectivity index (χ0) is 23.8. The van der Waals surface area contributed by atoms with Gasteiger partial charge < -0.3 is 31.5 Å². The highest BCUT2D eigenvalue weighted by Crippen LogP contribution is 2.14. The van der Waals surface area contributed by atoms with Crippen LogP contribution in [0.2, 0.25) is 0 Å². The Kier molecular flexibility index (Phi) is 14.5. The molecule has 0 saturated carbocycles. The average molecular weight is 463 g/mol. The SMILES string of the molecule is CCSC(CC(=O)NCC(=O)NC(CCC(=O)O)C(=O)NCCNC(=O)CC)C(=O)O. The molecular formula is C18H30N4O8S. The lowest BCUT2D eigenvalue weighted by atomic mass is 10.1. The molecule has 6 N–H and O–H groups in total. The first-order chi connectivity index (χ1) is 14.6. The zero-order valence-corrected chi connectivity index (χ0v) is 18.4. The first-order valence-corrected chi connectivity index (χ1v) is 10.8. The maximum Gasteiger partial charge on any atom is 0.317 e. The van der Waals surface area contributed by atoms with Crippen molar-refractivity contribution in [2.75, 3.05) is 25.4 Å². The molecule has 2 atom stereocenters. The molecule has 0 aromatic carbocycles. The van der Waals surface area contributed by atoms with E-state index in [0.717, 1.165) is 11.8 Å². The summed E-state index contributed by atoms with van der Waals surface area (Å²) in [4.78, 5) is 69.2. The molecule has 0 radical (unpaired) electrons. The highest BCUT2D eigenvalue weighted by Gasteiger charge is 2.23. The van der Waals surface area contributed by atoms with Gasteiger partial charge in [0.2, 0.25) is 23.6 Å². The number of hydrogen-bond donors (Lipinski definition) is 6. The van der Waals surface area contributed by atoms with E-state index in [-0.39, 0.29) is 38.3 Å². The van der Waals surface area contributed by atoms with Crippen LogP contribution in [0.5, 0.6) is 0 Å². The summed E-state index contributed by atoms with van der Waals surface area (Å²) in [7, 11) is 0. The maximum atomic E-state index is 12.2. The third-order valence-electron chi connectivity index (χ3n) is 3.83. The molecule has 4 amide bonds. The highest BCUT2D eigenvalue weighted by molar-refractivity contribution is 8.00. The number of thioether (sulfide) groups is 1. The van der Waals surface area contributed by atoms with Crippen molar-refractivity contribution in [1.29, 1.82) is 0 Å². The highest BCUT2D eigenvalue weighted by atomic mass is 32.2. The van der Waals surface area contributed by atoms with Crippen LogP contribution in [0, 0.1) is 0 Å². The van der Waals surface area contributed by atoms with Crippen LogP contribution in [0.25, 0.3) is 0 Å². The van der Waals surface area contributed by atoms with Crippen LogP contribution < -0.4 is 21.3 Å². The fourth-order valence-corrected chi connectivity index (χ4v) is 3.07. The van der Waals surface area contributed by atoms with Crippen LogP contribution in [-0.4, -0.2) is 82.5 Å². The Bertz CT molecular complexity index is 658. The summed E-state index contributed by atoms with van der Waals surface area (Å²) in [5, 5.41) is 26.6. The van der Waals surface area contributed by atoms with Gasteiger partial charge in [-0.1, -0.05) is 13.8 Å². The third kappa shape index (κ3) is 13.9. The largest absolute Gasteiger partial charge is 0.481 e. The number of carboxylic acid groups (broad SMARTS) is 2. The quantitative estimate of drug-likeness (QED) is 0.151. The topological polar surface area (TPSA) is 191 Å². The van der Waals surface area contributed by atoms with Crippen molar-refractivity contribution >= 4 is 47.3 Å². The molecule has 13 heteroatoms. The van der Waals surface area contributed by atoms with Crippen molar-refractivity contribution in [2.24, 2.45) is 0 Å². The van der Waals surface area contributed by atoms with Gasteiger partial charge in [-0.15, -0.1) is 11.8 Å². The monoisotopic (exact) mass is 462 g/mol. The number of amides is 4. The molecule has 0 aromatic rings. The van der Waals surface area contributed by atoms with E-state index in [1.807, 2.05) is 0 Å². The van der Waals surface area contributed by atoms with E-state index in [1.165, 1.54) is 0 Å². The number of hydrogen-bond acceptors (Lipinski definition) is 7. The van der Waals surface area contributed by atoms with Gasteiger partial charge in [0.15, 0.2) is 0 Å². The average Bonchev–Trinajstić information content (AvgIpc) is 2.71. The Morgan fingerprint density at radius 1 is 0.871 bits per heavy atom. The van der Waals surface area contributed by atoms with E-state index in [9.17, 15) is 28.8 Å². The normalized spacial score (nSPS) is 12.2. The number of nitrogens with one attached hydrogen (secondary N) is 4. The predicted molar refractivity (Wildman–Crippen MR) is 112 cm³/mol. The van der Waals surface area contributed by atoms with Crippen LogP contribution >= 0.6 is 11.8 Å². The Hall–Kier alpha value is -2.83. The van der Waals surface area contributed by atoms with Crippen molar-refractivity contribution in [1.82, 2.24) is 21.3 Å². The van der Waals surface area contributed by atoms with Gasteiger partial charge in [-0.25, -0.2) is 0 Å². The summed E-state index contributed by atoms with van der Waals surface area (Å²) in [6, 6.07) is -1.15. The van der Waals surface area contributed by atoms with Gasteiger partial charge in [0, 0.05) is 32.4 Å². The fourth-order valence-electron chi connectivity index (χ4n) is 2.26. The first kappa shape index (κ1) is 28.2. The minimum absolute atomic E-state index is 0.0897. The first-order valence-electron chi connectivity index (χ1n) is 9.77. The number of carbonyl (C=O) groups is 6. The molecule has 0 aliphatic carbocycles. The molecule has 176 valence electrons. The van der Waals surface area contributed by atoms with Crippen LogP contribution in [0.3, 0.4) is 0 Å². The molecule has 0 aliphatic heterocycles. The molecule has 0 saturated heterocycles. The molecule has 0 bridgehead atoms. The van der Waals surface area contributed by atoms with Gasteiger partial charge >= 0.3 is 11.9 Å². The number of carboxylic acids is 2. The van der Waals surface area contributed by atoms with Crippen LogP contribution in [0.15, 0.2) is 0 Å².